The highest BCUT2D eigenvalue weighted by Crippen LogP contribution is 2.47. The standard InChI is InChI=1S/C20H25F2N3O2/c21-15-9-14(10-16(22)11-15)17-12-25(20(26)24-5-7-27-8-6-24)18-13-1-3-23(4-2-13)19(17)18/h9-11,13,17-19H,1-8,12H2/t17-,18+,19+/m0/s1. The Hall–Kier alpha value is -1.73. The van der Waals surface area contributed by atoms with Crippen LogP contribution in [0.2, 0.25) is 0 Å². The van der Waals surface area contributed by atoms with E-state index in [1.165, 1.54) is 12.1 Å². The molecule has 7 heteroatoms. The third kappa shape index (κ3) is 2.91. The van der Waals surface area contributed by atoms with Crippen LogP contribution in [0.1, 0.15) is 24.3 Å². The number of piperidine rings is 3. The van der Waals surface area contributed by atoms with Crippen molar-refractivity contribution in [2.75, 3.05) is 45.9 Å². The average Bonchev–Trinajstić information content (AvgIpc) is 3.11. The first-order valence-electron chi connectivity index (χ1n) is 9.95. The van der Waals surface area contributed by atoms with Crippen molar-refractivity contribution < 1.29 is 18.3 Å². The summed E-state index contributed by atoms with van der Waals surface area (Å²) in [6.07, 6.45) is 2.19. The van der Waals surface area contributed by atoms with Crippen molar-refractivity contribution in [3.05, 3.63) is 35.4 Å². The van der Waals surface area contributed by atoms with E-state index in [2.05, 4.69) is 4.90 Å². The quantitative estimate of drug-likeness (QED) is 0.753. The highest BCUT2D eigenvalue weighted by molar-refractivity contribution is 5.76. The Balaban J connectivity index is 1.49. The number of hydrogen-bond acceptors (Lipinski definition) is 3. The Bertz CT molecular complexity index is 712. The van der Waals surface area contributed by atoms with Crippen LogP contribution in [-0.4, -0.2) is 78.8 Å². The summed E-state index contributed by atoms with van der Waals surface area (Å²) < 4.78 is 33.1. The fourth-order valence-corrected chi connectivity index (χ4v) is 5.66. The minimum atomic E-state index is -0.546. The molecule has 146 valence electrons. The molecule has 5 heterocycles. The van der Waals surface area contributed by atoms with Crippen molar-refractivity contribution >= 4 is 6.03 Å². The van der Waals surface area contributed by atoms with Gasteiger partial charge in [0.05, 0.1) is 19.3 Å². The minimum absolute atomic E-state index is 0.0479. The zero-order chi connectivity index (χ0) is 18.5. The van der Waals surface area contributed by atoms with Gasteiger partial charge >= 0.3 is 6.03 Å². The number of morpholine rings is 1. The molecule has 0 aromatic heterocycles. The maximum atomic E-state index is 13.9. The van der Waals surface area contributed by atoms with E-state index in [0.717, 1.165) is 32.0 Å². The summed E-state index contributed by atoms with van der Waals surface area (Å²) in [6.45, 7) is 4.92. The van der Waals surface area contributed by atoms with Crippen molar-refractivity contribution in [1.82, 2.24) is 14.7 Å². The second-order valence-electron chi connectivity index (χ2n) is 8.20. The SMILES string of the molecule is O=C(N1CCOCC1)N1C[C@@H](c2cc(F)cc(F)c2)[C@@H]2[C@H]1C1CCN2CC1. The van der Waals surface area contributed by atoms with Gasteiger partial charge in [0.25, 0.3) is 0 Å². The molecule has 5 aliphatic heterocycles. The molecule has 5 fully saturated rings. The summed E-state index contributed by atoms with van der Waals surface area (Å²) in [4.78, 5) is 19.6. The van der Waals surface area contributed by atoms with Gasteiger partial charge < -0.3 is 14.5 Å². The maximum absolute atomic E-state index is 13.9. The van der Waals surface area contributed by atoms with Crippen molar-refractivity contribution in [3.63, 3.8) is 0 Å². The minimum Gasteiger partial charge on any atom is -0.378 e. The first-order chi connectivity index (χ1) is 13.1. The van der Waals surface area contributed by atoms with Crippen molar-refractivity contribution in [2.45, 2.75) is 30.8 Å². The largest absolute Gasteiger partial charge is 0.378 e. The summed E-state index contributed by atoms with van der Waals surface area (Å²) in [5.74, 6) is -0.660. The maximum Gasteiger partial charge on any atom is 0.320 e. The molecule has 0 saturated carbocycles. The predicted octanol–water partition coefficient (Wildman–Crippen LogP) is 2.28. The van der Waals surface area contributed by atoms with Crippen LogP contribution in [-0.2, 0) is 4.74 Å². The van der Waals surface area contributed by atoms with Gasteiger partial charge in [-0.05, 0) is 49.5 Å². The smallest absolute Gasteiger partial charge is 0.320 e. The van der Waals surface area contributed by atoms with Gasteiger partial charge in [-0.1, -0.05) is 0 Å². The third-order valence-corrected chi connectivity index (χ3v) is 6.83. The van der Waals surface area contributed by atoms with Gasteiger partial charge in [-0.2, -0.15) is 0 Å². The summed E-state index contributed by atoms with van der Waals surface area (Å²) >= 11 is 0. The first kappa shape index (κ1) is 17.4. The number of nitrogens with zero attached hydrogens (tertiary/aromatic N) is 3. The summed E-state index contributed by atoms with van der Waals surface area (Å²) in [6, 6.07) is 4.15. The normalized spacial score (nSPS) is 35.4. The number of carbonyl (C=O) groups excluding carboxylic acids is 1. The van der Waals surface area contributed by atoms with E-state index in [0.29, 0.717) is 44.3 Å². The van der Waals surface area contributed by atoms with Gasteiger partial charge in [-0.3, -0.25) is 4.90 Å². The Morgan fingerprint density at radius 1 is 0.963 bits per heavy atom. The van der Waals surface area contributed by atoms with Gasteiger partial charge in [0.15, 0.2) is 0 Å². The molecule has 3 atom stereocenters. The lowest BCUT2D eigenvalue weighted by atomic mass is 9.75. The van der Waals surface area contributed by atoms with Gasteiger partial charge in [0.1, 0.15) is 11.6 Å². The fourth-order valence-electron chi connectivity index (χ4n) is 5.66. The molecular formula is C20H25F2N3O2. The summed E-state index contributed by atoms with van der Waals surface area (Å²) in [5.41, 5.74) is 0.673. The zero-order valence-corrected chi connectivity index (χ0v) is 15.3. The first-order valence-corrected chi connectivity index (χ1v) is 9.95. The number of ether oxygens (including phenoxy) is 1. The fraction of sp³-hybridized carbons (Fsp3) is 0.650. The number of amides is 2. The van der Waals surface area contributed by atoms with Gasteiger partial charge in [0.2, 0.25) is 0 Å². The highest BCUT2D eigenvalue weighted by Gasteiger charge is 2.55. The summed E-state index contributed by atoms with van der Waals surface area (Å²) in [5, 5.41) is 0. The van der Waals surface area contributed by atoms with Crippen LogP contribution in [0.15, 0.2) is 18.2 Å². The molecule has 6 rings (SSSR count). The molecule has 0 aliphatic carbocycles. The van der Waals surface area contributed by atoms with E-state index in [1.54, 1.807) is 0 Å². The van der Waals surface area contributed by atoms with Crippen LogP contribution in [0.25, 0.3) is 0 Å². The van der Waals surface area contributed by atoms with E-state index in [9.17, 15) is 13.6 Å². The number of fused-ring (bicyclic) bond motifs is 2. The highest BCUT2D eigenvalue weighted by atomic mass is 19.1. The Morgan fingerprint density at radius 2 is 1.63 bits per heavy atom. The molecule has 1 aromatic carbocycles. The van der Waals surface area contributed by atoms with Gasteiger partial charge in [-0.25, -0.2) is 13.6 Å². The molecular weight excluding hydrogens is 352 g/mol. The van der Waals surface area contributed by atoms with E-state index >= 15 is 0 Å². The molecule has 0 unspecified atom stereocenters. The van der Waals surface area contributed by atoms with Crippen LogP contribution in [0.3, 0.4) is 0 Å². The molecule has 0 N–H and O–H groups in total. The van der Waals surface area contributed by atoms with E-state index in [-0.39, 0.29) is 24.0 Å². The van der Waals surface area contributed by atoms with Crippen LogP contribution in [0, 0.1) is 17.6 Å². The molecule has 27 heavy (non-hydrogen) atoms. The Labute approximate surface area is 157 Å². The molecule has 2 bridgehead atoms. The van der Waals surface area contributed by atoms with Gasteiger partial charge in [0, 0.05) is 37.7 Å². The number of rotatable bonds is 1. The molecule has 5 aliphatic rings. The number of hydrogen-bond donors (Lipinski definition) is 0. The monoisotopic (exact) mass is 377 g/mol. The number of urea groups is 1. The van der Waals surface area contributed by atoms with E-state index < -0.39 is 11.6 Å². The lowest BCUT2D eigenvalue weighted by molar-refractivity contribution is -0.00723. The number of halogens is 2. The number of benzene rings is 1. The van der Waals surface area contributed by atoms with E-state index in [4.69, 9.17) is 4.74 Å². The molecule has 0 spiro atoms. The molecule has 0 radical (unpaired) electrons. The Kier molecular flexibility index (Phi) is 4.31. The number of carbonyl (C=O) groups is 1. The van der Waals surface area contributed by atoms with Gasteiger partial charge in [-0.15, -0.1) is 0 Å². The number of likely N-dealkylation sites (tertiary alicyclic amines) is 1. The molecule has 5 saturated heterocycles. The predicted molar refractivity (Wildman–Crippen MR) is 95.5 cm³/mol. The van der Waals surface area contributed by atoms with Crippen LogP contribution < -0.4 is 0 Å². The van der Waals surface area contributed by atoms with Crippen molar-refractivity contribution in [1.29, 1.82) is 0 Å². The third-order valence-electron chi connectivity index (χ3n) is 6.83. The van der Waals surface area contributed by atoms with E-state index in [1.807, 2.05) is 9.80 Å². The second-order valence-corrected chi connectivity index (χ2v) is 8.20. The second kappa shape index (κ2) is 6.71. The Morgan fingerprint density at radius 3 is 2.30 bits per heavy atom. The molecule has 5 nitrogen and oxygen atoms in total. The van der Waals surface area contributed by atoms with Crippen molar-refractivity contribution in [3.8, 4) is 0 Å². The van der Waals surface area contributed by atoms with Crippen LogP contribution in [0.5, 0.6) is 0 Å². The zero-order valence-electron chi connectivity index (χ0n) is 15.3. The summed E-state index contributed by atoms with van der Waals surface area (Å²) in [7, 11) is 0. The van der Waals surface area contributed by atoms with Crippen molar-refractivity contribution in [2.24, 2.45) is 5.92 Å². The topological polar surface area (TPSA) is 36.0 Å². The molecule has 2 amide bonds. The lowest BCUT2D eigenvalue weighted by Gasteiger charge is -2.51. The van der Waals surface area contributed by atoms with Crippen LogP contribution in [0.4, 0.5) is 13.6 Å². The lowest BCUT2D eigenvalue weighted by Crippen LogP contribution is -2.62. The van der Waals surface area contributed by atoms with Crippen LogP contribution >= 0.6 is 0 Å². The molecule has 1 aromatic rings. The average molecular weight is 377 g/mol.